The van der Waals surface area contributed by atoms with Crippen molar-refractivity contribution < 1.29 is 18.6 Å². The third-order valence-corrected chi connectivity index (χ3v) is 5.04. The fourth-order valence-corrected chi connectivity index (χ4v) is 2.94. The van der Waals surface area contributed by atoms with Crippen LogP contribution in [0.25, 0.3) is 0 Å². The second-order valence-electron chi connectivity index (χ2n) is 3.97. The first-order chi connectivity index (χ1) is 7.94. The van der Waals surface area contributed by atoms with Crippen LogP contribution in [0.15, 0.2) is 24.3 Å². The molecule has 96 valence electrons. The lowest BCUT2D eigenvalue weighted by Crippen LogP contribution is -2.33. The number of benzene rings is 1. The van der Waals surface area contributed by atoms with Gasteiger partial charge in [-0.25, -0.2) is 8.42 Å². The molecule has 1 rings (SSSR count). The molecule has 5 heteroatoms. The number of aliphatic hydroxyl groups excluding tert-OH is 2. The molecule has 4 nitrogen and oxygen atoms in total. The molecule has 0 bridgehead atoms. The molecule has 0 fully saturated rings. The molecule has 0 aliphatic carbocycles. The number of aliphatic hydroxyl groups is 2. The molecule has 1 aromatic rings. The van der Waals surface area contributed by atoms with Crippen molar-refractivity contribution in [1.29, 1.82) is 0 Å². The summed E-state index contributed by atoms with van der Waals surface area (Å²) in [6, 6.07) is 7.02. The summed E-state index contributed by atoms with van der Waals surface area (Å²) in [5.41, 5.74) is 1.35. The van der Waals surface area contributed by atoms with Gasteiger partial charge >= 0.3 is 0 Å². The van der Waals surface area contributed by atoms with E-state index >= 15 is 0 Å². The number of hydrogen-bond acceptors (Lipinski definition) is 4. The Hall–Kier alpha value is -0.910. The van der Waals surface area contributed by atoms with Gasteiger partial charge in [-0.3, -0.25) is 0 Å². The standard InChI is InChI=1S/C12H18O4S/c1-3-17(15,16)11(8-13)12(14)10-7-5-4-6-9(10)2/h4-7,11-14H,3,8H2,1-2H3. The highest BCUT2D eigenvalue weighted by Gasteiger charge is 2.32. The van der Waals surface area contributed by atoms with Crippen molar-refractivity contribution in [2.24, 2.45) is 0 Å². The molecule has 0 aliphatic heterocycles. The summed E-state index contributed by atoms with van der Waals surface area (Å²) >= 11 is 0. The van der Waals surface area contributed by atoms with Crippen LogP contribution in [0.1, 0.15) is 24.2 Å². The second kappa shape index (κ2) is 5.62. The Morgan fingerprint density at radius 1 is 1.29 bits per heavy atom. The summed E-state index contributed by atoms with van der Waals surface area (Å²) in [7, 11) is -3.47. The Balaban J connectivity index is 3.11. The summed E-state index contributed by atoms with van der Waals surface area (Å²) in [5, 5.41) is 18.1. The van der Waals surface area contributed by atoms with Crippen LogP contribution in [0.2, 0.25) is 0 Å². The highest BCUT2D eigenvalue weighted by molar-refractivity contribution is 7.92. The molecule has 0 heterocycles. The molecule has 0 spiro atoms. The van der Waals surface area contributed by atoms with Gasteiger partial charge in [0, 0.05) is 5.75 Å². The fraction of sp³-hybridized carbons (Fsp3) is 0.500. The minimum Gasteiger partial charge on any atom is -0.395 e. The molecule has 0 aromatic heterocycles. The number of sulfone groups is 1. The second-order valence-corrected chi connectivity index (χ2v) is 6.48. The van der Waals surface area contributed by atoms with Gasteiger partial charge in [-0.2, -0.15) is 0 Å². The van der Waals surface area contributed by atoms with E-state index in [1.165, 1.54) is 6.92 Å². The minimum atomic E-state index is -3.47. The van der Waals surface area contributed by atoms with Crippen LogP contribution in [-0.2, 0) is 9.84 Å². The molecular formula is C12H18O4S. The average Bonchev–Trinajstić information content (AvgIpc) is 2.30. The van der Waals surface area contributed by atoms with Crippen molar-refractivity contribution in [3.05, 3.63) is 35.4 Å². The van der Waals surface area contributed by atoms with Gasteiger partial charge in [0.1, 0.15) is 5.25 Å². The van der Waals surface area contributed by atoms with Gasteiger partial charge in [0.2, 0.25) is 0 Å². The van der Waals surface area contributed by atoms with Crippen LogP contribution in [0.5, 0.6) is 0 Å². The average molecular weight is 258 g/mol. The van der Waals surface area contributed by atoms with Gasteiger partial charge in [0.05, 0.1) is 12.7 Å². The Kier molecular flexibility index (Phi) is 4.68. The van der Waals surface area contributed by atoms with Crippen LogP contribution in [0.4, 0.5) is 0 Å². The van der Waals surface area contributed by atoms with E-state index in [4.69, 9.17) is 0 Å². The Morgan fingerprint density at radius 3 is 2.35 bits per heavy atom. The summed E-state index contributed by atoms with van der Waals surface area (Å²) in [6.07, 6.45) is -1.19. The normalized spacial score (nSPS) is 15.5. The van der Waals surface area contributed by atoms with Gasteiger partial charge in [-0.15, -0.1) is 0 Å². The topological polar surface area (TPSA) is 74.6 Å². The monoisotopic (exact) mass is 258 g/mol. The first kappa shape index (κ1) is 14.2. The maximum atomic E-state index is 11.7. The van der Waals surface area contributed by atoms with Crippen molar-refractivity contribution >= 4 is 9.84 Å². The highest BCUT2D eigenvalue weighted by Crippen LogP contribution is 2.25. The van der Waals surface area contributed by atoms with Crippen LogP contribution in [0.3, 0.4) is 0 Å². The maximum Gasteiger partial charge on any atom is 0.158 e. The van der Waals surface area contributed by atoms with Crippen molar-refractivity contribution in [3.63, 3.8) is 0 Å². The van der Waals surface area contributed by atoms with E-state index in [-0.39, 0.29) is 5.75 Å². The SMILES string of the molecule is CCS(=O)(=O)C(CO)C(O)c1ccccc1C. The van der Waals surface area contributed by atoms with E-state index in [2.05, 4.69) is 0 Å². The smallest absolute Gasteiger partial charge is 0.158 e. The molecule has 0 amide bonds. The Morgan fingerprint density at radius 2 is 1.88 bits per heavy atom. The molecular weight excluding hydrogens is 240 g/mol. The lowest BCUT2D eigenvalue weighted by atomic mass is 10.0. The molecule has 0 aliphatic rings. The van der Waals surface area contributed by atoms with Crippen LogP contribution < -0.4 is 0 Å². The van der Waals surface area contributed by atoms with E-state index in [0.29, 0.717) is 5.56 Å². The summed E-state index contributed by atoms with van der Waals surface area (Å²) in [4.78, 5) is 0. The Bertz CT molecular complexity index is 467. The predicted molar refractivity (Wildman–Crippen MR) is 66.5 cm³/mol. The number of rotatable bonds is 5. The van der Waals surface area contributed by atoms with Gasteiger partial charge in [-0.05, 0) is 18.1 Å². The molecule has 17 heavy (non-hydrogen) atoms. The zero-order valence-electron chi connectivity index (χ0n) is 10.00. The zero-order valence-corrected chi connectivity index (χ0v) is 10.8. The molecule has 2 atom stereocenters. The van der Waals surface area contributed by atoms with E-state index < -0.39 is 27.8 Å². The molecule has 1 aromatic carbocycles. The summed E-state index contributed by atoms with van der Waals surface area (Å²) < 4.78 is 23.5. The maximum absolute atomic E-state index is 11.7. The zero-order chi connectivity index (χ0) is 13.1. The predicted octanol–water partition coefficient (Wildman–Crippen LogP) is 0.824. The fourth-order valence-electron chi connectivity index (χ4n) is 1.74. The van der Waals surface area contributed by atoms with Gasteiger partial charge in [0.25, 0.3) is 0 Å². The summed E-state index contributed by atoms with van der Waals surface area (Å²) in [6.45, 7) is 2.72. The van der Waals surface area contributed by atoms with Crippen molar-refractivity contribution in [3.8, 4) is 0 Å². The molecule has 0 saturated carbocycles. The number of aryl methyl sites for hydroxylation is 1. The van der Waals surface area contributed by atoms with Gasteiger partial charge in [-0.1, -0.05) is 31.2 Å². The third-order valence-electron chi connectivity index (χ3n) is 2.90. The number of hydrogen-bond donors (Lipinski definition) is 2. The van der Waals surface area contributed by atoms with E-state index in [1.54, 1.807) is 25.1 Å². The lowest BCUT2D eigenvalue weighted by Gasteiger charge is -2.22. The van der Waals surface area contributed by atoms with Crippen molar-refractivity contribution in [2.75, 3.05) is 12.4 Å². The molecule has 2 unspecified atom stereocenters. The van der Waals surface area contributed by atoms with Gasteiger partial charge < -0.3 is 10.2 Å². The van der Waals surface area contributed by atoms with Crippen LogP contribution >= 0.6 is 0 Å². The lowest BCUT2D eigenvalue weighted by molar-refractivity contribution is 0.137. The van der Waals surface area contributed by atoms with Crippen molar-refractivity contribution in [1.82, 2.24) is 0 Å². The van der Waals surface area contributed by atoms with Crippen LogP contribution in [-0.4, -0.2) is 36.2 Å². The molecule has 0 radical (unpaired) electrons. The molecule has 2 N–H and O–H groups in total. The summed E-state index contributed by atoms with van der Waals surface area (Å²) in [5.74, 6) is -0.0961. The first-order valence-corrected chi connectivity index (χ1v) is 7.21. The minimum absolute atomic E-state index is 0.0961. The van der Waals surface area contributed by atoms with E-state index in [9.17, 15) is 18.6 Å². The van der Waals surface area contributed by atoms with E-state index in [0.717, 1.165) is 5.56 Å². The highest BCUT2D eigenvalue weighted by atomic mass is 32.2. The van der Waals surface area contributed by atoms with E-state index in [1.807, 2.05) is 6.07 Å². The molecule has 0 saturated heterocycles. The van der Waals surface area contributed by atoms with Crippen LogP contribution in [0, 0.1) is 6.92 Å². The van der Waals surface area contributed by atoms with Gasteiger partial charge in [0.15, 0.2) is 9.84 Å². The van der Waals surface area contributed by atoms with Crippen molar-refractivity contribution in [2.45, 2.75) is 25.2 Å². The third kappa shape index (κ3) is 3.06. The first-order valence-electron chi connectivity index (χ1n) is 5.50. The Labute approximate surface area is 102 Å². The quantitative estimate of drug-likeness (QED) is 0.820. The largest absolute Gasteiger partial charge is 0.395 e.